The predicted molar refractivity (Wildman–Crippen MR) is 79.1 cm³/mol. The van der Waals surface area contributed by atoms with Gasteiger partial charge in [0.1, 0.15) is 6.54 Å². The average molecular weight is 285 g/mol. The highest BCUT2D eigenvalue weighted by atomic mass is 35.5. The van der Waals surface area contributed by atoms with Crippen LogP contribution in [0.4, 0.5) is 0 Å². The van der Waals surface area contributed by atoms with Crippen LogP contribution in [0.1, 0.15) is 5.56 Å². The second-order valence-corrected chi connectivity index (χ2v) is 5.42. The summed E-state index contributed by atoms with van der Waals surface area (Å²) in [5.41, 5.74) is 1.35. The van der Waals surface area contributed by atoms with Gasteiger partial charge in [0.2, 0.25) is 0 Å². The first-order chi connectivity index (χ1) is 8.69. The number of benzene rings is 1. The first-order valence-corrected chi connectivity index (χ1v) is 7.02. The maximum Gasteiger partial charge on any atom is 0.169 e. The molecule has 18 heavy (non-hydrogen) atoms. The van der Waals surface area contributed by atoms with E-state index < -0.39 is 0 Å². The number of hydrogen-bond donors (Lipinski definition) is 2. The zero-order valence-corrected chi connectivity index (χ0v) is 12.2. The lowest BCUT2D eigenvalue weighted by Crippen LogP contribution is -3.13. The molecule has 5 heteroatoms. The van der Waals surface area contributed by atoms with Crippen LogP contribution in [-0.4, -0.2) is 43.2 Å². The second-order valence-electron chi connectivity index (χ2n) is 4.60. The number of nitrogens with one attached hydrogen (secondary N) is 2. The van der Waals surface area contributed by atoms with Gasteiger partial charge in [0.25, 0.3) is 0 Å². The molecule has 3 nitrogen and oxygen atoms in total. The minimum atomic E-state index is 0.804. The number of rotatable bonds is 2. The fourth-order valence-electron chi connectivity index (χ4n) is 2.25. The Bertz CT molecular complexity index is 399. The summed E-state index contributed by atoms with van der Waals surface area (Å²) in [7, 11) is 1.88. The van der Waals surface area contributed by atoms with Crippen molar-refractivity contribution in [3.05, 3.63) is 34.9 Å². The van der Waals surface area contributed by atoms with Crippen LogP contribution < -0.4 is 10.2 Å². The SMILES string of the molecule is CNC(=S)N1CC[NH+](Cc2ccc(Cl)cc2)CC1. The Morgan fingerprint density at radius 3 is 2.50 bits per heavy atom. The zero-order chi connectivity index (χ0) is 13.0. The summed E-state index contributed by atoms with van der Waals surface area (Å²) < 4.78 is 0. The molecule has 0 spiro atoms. The van der Waals surface area contributed by atoms with E-state index in [0.29, 0.717) is 0 Å². The maximum atomic E-state index is 5.89. The predicted octanol–water partition coefficient (Wildman–Crippen LogP) is 0.545. The number of piperazine rings is 1. The van der Waals surface area contributed by atoms with Gasteiger partial charge in [-0.1, -0.05) is 23.7 Å². The third-order valence-corrected chi connectivity index (χ3v) is 4.05. The molecule has 0 atom stereocenters. The number of quaternary nitrogens is 1. The molecule has 0 unspecified atom stereocenters. The van der Waals surface area contributed by atoms with Gasteiger partial charge in [0.15, 0.2) is 5.11 Å². The van der Waals surface area contributed by atoms with Crippen LogP contribution in [0.2, 0.25) is 5.02 Å². The van der Waals surface area contributed by atoms with E-state index in [1.807, 2.05) is 19.2 Å². The van der Waals surface area contributed by atoms with Crippen molar-refractivity contribution in [1.29, 1.82) is 0 Å². The Labute approximate surface area is 119 Å². The van der Waals surface area contributed by atoms with Crippen molar-refractivity contribution in [2.24, 2.45) is 0 Å². The maximum absolute atomic E-state index is 5.89. The summed E-state index contributed by atoms with van der Waals surface area (Å²) in [6, 6.07) is 8.14. The molecule has 2 rings (SSSR count). The summed E-state index contributed by atoms with van der Waals surface area (Å²) in [4.78, 5) is 3.84. The molecule has 1 fully saturated rings. The van der Waals surface area contributed by atoms with Gasteiger partial charge in [-0.05, 0) is 24.4 Å². The van der Waals surface area contributed by atoms with Gasteiger partial charge in [-0.2, -0.15) is 0 Å². The molecule has 98 valence electrons. The van der Waals surface area contributed by atoms with Gasteiger partial charge < -0.3 is 15.1 Å². The third-order valence-electron chi connectivity index (χ3n) is 3.34. The molecule has 1 aliphatic heterocycles. The molecular formula is C13H19ClN3S+. The molecule has 0 saturated carbocycles. The Balaban J connectivity index is 1.83. The van der Waals surface area contributed by atoms with Crippen molar-refractivity contribution >= 4 is 28.9 Å². The Hall–Kier alpha value is -0.840. The first kappa shape index (κ1) is 13.6. The lowest BCUT2D eigenvalue weighted by molar-refractivity contribution is -0.917. The first-order valence-electron chi connectivity index (χ1n) is 6.23. The highest BCUT2D eigenvalue weighted by Crippen LogP contribution is 2.08. The van der Waals surface area contributed by atoms with Crippen LogP contribution >= 0.6 is 23.8 Å². The Morgan fingerprint density at radius 2 is 1.94 bits per heavy atom. The quantitative estimate of drug-likeness (QED) is 0.774. The van der Waals surface area contributed by atoms with Crippen LogP contribution in [-0.2, 0) is 6.54 Å². The van der Waals surface area contributed by atoms with Crippen LogP contribution in [0.5, 0.6) is 0 Å². The number of hydrogen-bond acceptors (Lipinski definition) is 1. The number of thiocarbonyl (C=S) groups is 1. The third kappa shape index (κ3) is 3.57. The fourth-order valence-corrected chi connectivity index (χ4v) is 2.56. The van der Waals surface area contributed by atoms with Gasteiger partial charge in [-0.15, -0.1) is 0 Å². The van der Waals surface area contributed by atoms with E-state index in [1.165, 1.54) is 5.56 Å². The minimum Gasteiger partial charge on any atom is -0.366 e. The molecule has 2 N–H and O–H groups in total. The van der Waals surface area contributed by atoms with E-state index in [-0.39, 0.29) is 0 Å². The van der Waals surface area contributed by atoms with Crippen LogP contribution in [0, 0.1) is 0 Å². The van der Waals surface area contributed by atoms with E-state index in [0.717, 1.165) is 42.9 Å². The van der Waals surface area contributed by atoms with Crippen molar-refractivity contribution in [3.63, 3.8) is 0 Å². The molecule has 1 aromatic carbocycles. The lowest BCUT2D eigenvalue weighted by Gasteiger charge is -2.33. The molecule has 0 bridgehead atoms. The standard InChI is InChI=1S/C13H18ClN3S/c1-15-13(18)17-8-6-16(7-9-17)10-11-2-4-12(14)5-3-11/h2-5H,6-10H2,1H3,(H,15,18)/p+1. The highest BCUT2D eigenvalue weighted by Gasteiger charge is 2.21. The molecule has 1 saturated heterocycles. The summed E-state index contributed by atoms with van der Waals surface area (Å²) in [5, 5.41) is 4.70. The summed E-state index contributed by atoms with van der Waals surface area (Å²) in [6.07, 6.45) is 0. The topological polar surface area (TPSA) is 19.7 Å². The monoisotopic (exact) mass is 284 g/mol. The summed E-state index contributed by atoms with van der Waals surface area (Å²) in [6.45, 7) is 5.39. The van der Waals surface area contributed by atoms with Gasteiger partial charge in [-0.3, -0.25) is 0 Å². The molecule has 0 aliphatic carbocycles. The summed E-state index contributed by atoms with van der Waals surface area (Å²) in [5.74, 6) is 0. The van der Waals surface area contributed by atoms with Crippen molar-refractivity contribution < 1.29 is 4.90 Å². The van der Waals surface area contributed by atoms with E-state index in [2.05, 4.69) is 22.3 Å². The molecule has 1 aliphatic rings. The fraction of sp³-hybridized carbons (Fsp3) is 0.462. The van der Waals surface area contributed by atoms with Gasteiger partial charge in [0.05, 0.1) is 26.2 Å². The molecule has 0 amide bonds. The number of halogens is 1. The highest BCUT2D eigenvalue weighted by molar-refractivity contribution is 7.80. The Morgan fingerprint density at radius 1 is 1.33 bits per heavy atom. The smallest absolute Gasteiger partial charge is 0.169 e. The van der Waals surface area contributed by atoms with E-state index in [1.54, 1.807) is 4.90 Å². The molecule has 1 heterocycles. The molecular weight excluding hydrogens is 266 g/mol. The van der Waals surface area contributed by atoms with Crippen molar-refractivity contribution in [1.82, 2.24) is 10.2 Å². The van der Waals surface area contributed by atoms with Crippen LogP contribution in [0.3, 0.4) is 0 Å². The largest absolute Gasteiger partial charge is 0.366 e. The van der Waals surface area contributed by atoms with E-state index in [9.17, 15) is 0 Å². The van der Waals surface area contributed by atoms with Crippen molar-refractivity contribution in [2.75, 3.05) is 33.2 Å². The van der Waals surface area contributed by atoms with Crippen molar-refractivity contribution in [3.8, 4) is 0 Å². The number of nitrogens with zero attached hydrogens (tertiary/aromatic N) is 1. The molecule has 0 aromatic heterocycles. The lowest BCUT2D eigenvalue weighted by atomic mass is 10.2. The van der Waals surface area contributed by atoms with E-state index >= 15 is 0 Å². The van der Waals surface area contributed by atoms with Crippen molar-refractivity contribution in [2.45, 2.75) is 6.54 Å². The van der Waals surface area contributed by atoms with Gasteiger partial charge in [-0.25, -0.2) is 0 Å². The van der Waals surface area contributed by atoms with E-state index in [4.69, 9.17) is 23.8 Å². The van der Waals surface area contributed by atoms with Crippen LogP contribution in [0.15, 0.2) is 24.3 Å². The van der Waals surface area contributed by atoms with Gasteiger partial charge >= 0.3 is 0 Å². The second kappa shape index (κ2) is 6.36. The molecule has 0 radical (unpaired) electrons. The molecule has 1 aromatic rings. The Kier molecular flexibility index (Phi) is 4.80. The minimum absolute atomic E-state index is 0.804. The average Bonchev–Trinajstić information content (AvgIpc) is 2.41. The summed E-state index contributed by atoms with van der Waals surface area (Å²) >= 11 is 11.1. The van der Waals surface area contributed by atoms with Crippen LogP contribution in [0.25, 0.3) is 0 Å². The van der Waals surface area contributed by atoms with Gasteiger partial charge in [0, 0.05) is 17.6 Å². The zero-order valence-electron chi connectivity index (χ0n) is 10.6. The normalized spacial score (nSPS) is 16.7.